The zero-order valence-electron chi connectivity index (χ0n) is 69.7. The first kappa shape index (κ1) is 104. The summed E-state index contributed by atoms with van der Waals surface area (Å²) in [5, 5.41) is 10.7. The molecule has 0 heterocycles. The van der Waals surface area contributed by atoms with Crippen LogP contribution in [0.4, 0.5) is 0 Å². The smallest absolute Gasteiger partial charge is 0.462 e. The van der Waals surface area contributed by atoms with Gasteiger partial charge in [0.25, 0.3) is 0 Å². The van der Waals surface area contributed by atoms with Crippen molar-refractivity contribution in [1.29, 1.82) is 0 Å². The van der Waals surface area contributed by atoms with Gasteiger partial charge in [-0.25, -0.2) is 9.13 Å². The van der Waals surface area contributed by atoms with Crippen molar-refractivity contribution in [3.8, 4) is 0 Å². The molecule has 0 aliphatic rings. The number of ether oxygens (including phenoxy) is 4. The van der Waals surface area contributed by atoms with Crippen molar-refractivity contribution in [3.05, 3.63) is 0 Å². The van der Waals surface area contributed by atoms with Gasteiger partial charge in [0.05, 0.1) is 26.4 Å². The molecule has 0 aromatic carbocycles. The summed E-state index contributed by atoms with van der Waals surface area (Å²) in [6.07, 6.45) is 70.7. The summed E-state index contributed by atoms with van der Waals surface area (Å²) >= 11 is 0. The fraction of sp³-hybridized carbons (Fsp3) is 0.954. The van der Waals surface area contributed by atoms with Crippen LogP contribution in [-0.2, 0) is 65.4 Å². The molecule has 0 spiro atoms. The molecule has 106 heavy (non-hydrogen) atoms. The van der Waals surface area contributed by atoms with Crippen LogP contribution in [0.5, 0.6) is 0 Å². The number of hydrogen-bond donors (Lipinski definition) is 3. The van der Waals surface area contributed by atoms with Gasteiger partial charge in [0.2, 0.25) is 0 Å². The molecule has 0 aromatic heterocycles. The maximum absolute atomic E-state index is 13.2. The minimum atomic E-state index is -4.97. The lowest BCUT2D eigenvalue weighted by Gasteiger charge is -2.21. The van der Waals surface area contributed by atoms with Gasteiger partial charge in [-0.3, -0.25) is 37.3 Å². The molecule has 630 valence electrons. The molecular formula is C87H170O17P2. The van der Waals surface area contributed by atoms with Crippen LogP contribution >= 0.6 is 15.6 Å². The lowest BCUT2D eigenvalue weighted by atomic mass is 10.0. The van der Waals surface area contributed by atoms with Crippen LogP contribution in [0.3, 0.4) is 0 Å². The van der Waals surface area contributed by atoms with Gasteiger partial charge < -0.3 is 33.8 Å². The van der Waals surface area contributed by atoms with Crippen LogP contribution in [0, 0.1) is 11.8 Å². The van der Waals surface area contributed by atoms with Gasteiger partial charge in [-0.1, -0.05) is 414 Å². The normalized spacial score (nSPS) is 13.8. The Morgan fingerprint density at radius 2 is 0.434 bits per heavy atom. The molecule has 0 fully saturated rings. The summed E-state index contributed by atoms with van der Waals surface area (Å²) in [6.45, 7) is 9.75. The van der Waals surface area contributed by atoms with E-state index in [9.17, 15) is 43.2 Å². The molecule has 2 unspecified atom stereocenters. The van der Waals surface area contributed by atoms with Crippen molar-refractivity contribution in [2.24, 2.45) is 11.8 Å². The lowest BCUT2D eigenvalue weighted by Crippen LogP contribution is -2.30. The number of unbranched alkanes of at least 4 members (excludes halogenated alkanes) is 56. The monoisotopic (exact) mass is 1550 g/mol. The first-order chi connectivity index (χ1) is 51.4. The van der Waals surface area contributed by atoms with E-state index in [0.717, 1.165) is 102 Å². The maximum atomic E-state index is 13.2. The zero-order valence-corrected chi connectivity index (χ0v) is 71.5. The van der Waals surface area contributed by atoms with Gasteiger partial charge in [-0.2, -0.15) is 0 Å². The molecule has 0 aromatic rings. The van der Waals surface area contributed by atoms with Crippen LogP contribution in [0.15, 0.2) is 0 Å². The summed E-state index contributed by atoms with van der Waals surface area (Å²) in [7, 11) is -9.93. The summed E-state index contributed by atoms with van der Waals surface area (Å²) in [5.41, 5.74) is 0. The molecule has 0 aliphatic carbocycles. The first-order valence-electron chi connectivity index (χ1n) is 45.0. The fourth-order valence-electron chi connectivity index (χ4n) is 13.6. The number of carbonyl (C=O) groups is 4. The number of carbonyl (C=O) groups excluding carboxylic acids is 4. The van der Waals surface area contributed by atoms with E-state index in [4.69, 9.17) is 37.0 Å². The third-order valence-electron chi connectivity index (χ3n) is 20.5. The van der Waals surface area contributed by atoms with E-state index in [1.807, 2.05) is 0 Å². The van der Waals surface area contributed by atoms with Crippen LogP contribution in [-0.4, -0.2) is 96.7 Å². The van der Waals surface area contributed by atoms with Crippen molar-refractivity contribution in [2.45, 2.75) is 484 Å². The van der Waals surface area contributed by atoms with E-state index < -0.39 is 97.5 Å². The third kappa shape index (κ3) is 80.1. The van der Waals surface area contributed by atoms with Gasteiger partial charge >= 0.3 is 39.5 Å². The van der Waals surface area contributed by atoms with E-state index >= 15 is 0 Å². The number of esters is 4. The molecule has 0 rings (SSSR count). The van der Waals surface area contributed by atoms with E-state index in [2.05, 4.69) is 41.5 Å². The number of rotatable bonds is 86. The fourth-order valence-corrected chi connectivity index (χ4v) is 15.2. The zero-order chi connectivity index (χ0) is 77.8. The topological polar surface area (TPSA) is 237 Å². The highest BCUT2D eigenvalue weighted by molar-refractivity contribution is 7.47. The second-order valence-electron chi connectivity index (χ2n) is 32.2. The molecule has 19 heteroatoms. The van der Waals surface area contributed by atoms with Crippen molar-refractivity contribution in [3.63, 3.8) is 0 Å². The second-order valence-corrected chi connectivity index (χ2v) is 35.1. The minimum Gasteiger partial charge on any atom is -0.462 e. The molecule has 0 bridgehead atoms. The number of phosphoric ester groups is 2. The molecule has 0 saturated carbocycles. The average Bonchev–Trinajstić information content (AvgIpc) is 0.900. The predicted octanol–water partition coefficient (Wildman–Crippen LogP) is 26.6. The first-order valence-corrected chi connectivity index (χ1v) is 48.0. The lowest BCUT2D eigenvalue weighted by molar-refractivity contribution is -0.161. The van der Waals surface area contributed by atoms with E-state index in [-0.39, 0.29) is 25.7 Å². The molecule has 3 N–H and O–H groups in total. The SMILES string of the molecule is CCCCCCCCCCCCCCCCC(=O)O[C@H](COC(=O)CCCCCCCCCCCCCCC)COP(=O)(O)OC[C@H](O)COP(=O)(O)OC[C@@H](COC(=O)CCCCCCCCCCCCCCCCCC(C)C)OC(=O)CCCCCCCCCCCCCCCCCCCCC(C)C. The highest BCUT2D eigenvalue weighted by atomic mass is 31.2. The van der Waals surface area contributed by atoms with Crippen molar-refractivity contribution in [1.82, 2.24) is 0 Å². The number of aliphatic hydroxyl groups excluding tert-OH is 1. The maximum Gasteiger partial charge on any atom is 0.472 e. The van der Waals surface area contributed by atoms with E-state index in [0.29, 0.717) is 25.7 Å². The highest BCUT2D eigenvalue weighted by Crippen LogP contribution is 2.45. The van der Waals surface area contributed by atoms with Gasteiger partial charge in [0, 0.05) is 25.7 Å². The van der Waals surface area contributed by atoms with Crippen LogP contribution in [0.25, 0.3) is 0 Å². The summed E-state index contributed by atoms with van der Waals surface area (Å²) in [6, 6.07) is 0. The van der Waals surface area contributed by atoms with Gasteiger partial charge in [-0.15, -0.1) is 0 Å². The number of phosphoric acid groups is 2. The van der Waals surface area contributed by atoms with Crippen LogP contribution in [0.2, 0.25) is 0 Å². The summed E-state index contributed by atoms with van der Waals surface area (Å²) in [5.74, 6) is -0.471. The largest absolute Gasteiger partial charge is 0.472 e. The Morgan fingerprint density at radius 3 is 0.642 bits per heavy atom. The van der Waals surface area contributed by atoms with Crippen LogP contribution in [0.1, 0.15) is 465 Å². The Morgan fingerprint density at radius 1 is 0.255 bits per heavy atom. The van der Waals surface area contributed by atoms with Crippen molar-refractivity contribution >= 4 is 39.5 Å². The molecule has 0 saturated heterocycles. The summed E-state index contributed by atoms with van der Waals surface area (Å²) in [4.78, 5) is 73.3. The molecule has 5 atom stereocenters. The van der Waals surface area contributed by atoms with Crippen LogP contribution < -0.4 is 0 Å². The van der Waals surface area contributed by atoms with Gasteiger partial charge in [0.15, 0.2) is 12.2 Å². The third-order valence-corrected chi connectivity index (χ3v) is 22.4. The Kier molecular flexibility index (Phi) is 76.9. The van der Waals surface area contributed by atoms with E-state index in [1.165, 1.54) is 283 Å². The Hall–Kier alpha value is -1.94. The molecular weight excluding hydrogens is 1380 g/mol. The predicted molar refractivity (Wildman–Crippen MR) is 437 cm³/mol. The van der Waals surface area contributed by atoms with Crippen molar-refractivity contribution < 1.29 is 80.2 Å². The van der Waals surface area contributed by atoms with Gasteiger partial charge in [0.1, 0.15) is 19.3 Å². The standard InChI is InChI=1S/C87H170O17P2/c1-7-9-11-13-15-17-19-21-34-41-47-53-59-65-71-86(91)103-82(75-97-84(89)69-63-57-51-45-39-31-20-18-16-14-12-10-8-2)77-101-105(93,94)99-73-81(88)74-100-106(95,96)102-78-83(76-98-85(90)70-64-58-52-46-40-35-30-26-28-33-38-44-50-56-62-68-80(5)6)104-87(92)72-66-60-54-48-42-36-29-25-23-22-24-27-32-37-43-49-55-61-67-79(3)4/h79-83,88H,7-78H2,1-6H3,(H,93,94)(H,95,96)/t81-,82+,83+/m0/s1. The highest BCUT2D eigenvalue weighted by Gasteiger charge is 2.30. The van der Waals surface area contributed by atoms with E-state index in [1.54, 1.807) is 0 Å². The Labute approximate surface area is 651 Å². The molecule has 0 aliphatic heterocycles. The molecule has 17 nitrogen and oxygen atoms in total. The van der Waals surface area contributed by atoms with Crippen molar-refractivity contribution in [2.75, 3.05) is 39.6 Å². The Bertz CT molecular complexity index is 2030. The quantitative estimate of drug-likeness (QED) is 0.0222. The average molecular weight is 1550 g/mol. The second kappa shape index (κ2) is 78.3. The number of hydrogen-bond acceptors (Lipinski definition) is 15. The minimum absolute atomic E-state index is 0.109. The van der Waals surface area contributed by atoms with Gasteiger partial charge in [-0.05, 0) is 37.5 Å². The number of aliphatic hydroxyl groups is 1. The Balaban J connectivity index is 5.25. The summed E-state index contributed by atoms with van der Waals surface area (Å²) < 4.78 is 69.0. The molecule has 0 radical (unpaired) electrons. The molecule has 0 amide bonds.